The first-order chi connectivity index (χ1) is 7.98. The van der Waals surface area contributed by atoms with E-state index in [2.05, 4.69) is 4.74 Å². The van der Waals surface area contributed by atoms with Gasteiger partial charge in [-0.25, -0.2) is 0 Å². The van der Waals surface area contributed by atoms with Gasteiger partial charge in [0.1, 0.15) is 6.29 Å². The lowest BCUT2D eigenvalue weighted by molar-refractivity contribution is -0.275. The van der Waals surface area contributed by atoms with Crippen LogP contribution >= 0.6 is 0 Å². The minimum Gasteiger partial charge on any atom is -0.493 e. The molecule has 0 bridgehead atoms. The average Bonchev–Trinajstić information content (AvgIpc) is 2.25. The van der Waals surface area contributed by atoms with Crippen molar-refractivity contribution in [1.29, 1.82) is 0 Å². The smallest absolute Gasteiger partial charge is 0.493 e. The van der Waals surface area contributed by atoms with Crippen molar-refractivity contribution in [2.75, 3.05) is 7.11 Å². The Kier molecular flexibility index (Phi) is 4.37. The number of hydrogen-bond acceptors (Lipinski definition) is 3. The normalized spacial score (nSPS) is 11.1. The van der Waals surface area contributed by atoms with Crippen molar-refractivity contribution in [3.05, 3.63) is 23.8 Å². The van der Waals surface area contributed by atoms with E-state index < -0.39 is 6.36 Å². The van der Waals surface area contributed by atoms with Crippen LogP contribution in [0.15, 0.2) is 18.2 Å². The monoisotopic (exact) mass is 248 g/mol. The minimum atomic E-state index is -4.79. The molecule has 0 N–H and O–H groups in total. The second-order valence-corrected chi connectivity index (χ2v) is 3.20. The van der Waals surface area contributed by atoms with Crippen LogP contribution in [0.1, 0.15) is 12.0 Å². The maximum Gasteiger partial charge on any atom is 0.573 e. The molecule has 0 aliphatic heterocycles. The van der Waals surface area contributed by atoms with Crippen LogP contribution < -0.4 is 9.47 Å². The predicted molar refractivity (Wildman–Crippen MR) is 54.1 cm³/mol. The van der Waals surface area contributed by atoms with E-state index in [0.29, 0.717) is 6.29 Å². The molecule has 0 atom stereocenters. The molecule has 94 valence electrons. The van der Waals surface area contributed by atoms with Gasteiger partial charge in [-0.2, -0.15) is 0 Å². The molecule has 1 aromatic rings. The summed E-state index contributed by atoms with van der Waals surface area (Å²) in [7, 11) is 1.25. The molecule has 3 nitrogen and oxygen atoms in total. The van der Waals surface area contributed by atoms with Gasteiger partial charge in [0.25, 0.3) is 0 Å². The highest BCUT2D eigenvalue weighted by Gasteiger charge is 2.33. The zero-order chi connectivity index (χ0) is 12.9. The molecule has 0 aliphatic carbocycles. The number of aryl methyl sites for hydroxylation is 1. The number of methoxy groups -OCH3 is 1. The summed E-state index contributed by atoms with van der Waals surface area (Å²) in [4.78, 5) is 10.2. The van der Waals surface area contributed by atoms with Crippen molar-refractivity contribution in [2.24, 2.45) is 0 Å². The standard InChI is InChI=1S/C11H11F3O3/c1-16-9-6-2-4-8(5-3-7-15)10(9)17-11(12,13)14/h2,4,6-7H,3,5H2,1H3. The lowest BCUT2D eigenvalue weighted by Gasteiger charge is -2.15. The zero-order valence-electron chi connectivity index (χ0n) is 9.08. The molecular weight excluding hydrogens is 237 g/mol. The Morgan fingerprint density at radius 3 is 2.59 bits per heavy atom. The van der Waals surface area contributed by atoms with Gasteiger partial charge in [0, 0.05) is 6.42 Å². The molecular formula is C11H11F3O3. The van der Waals surface area contributed by atoms with Crippen molar-refractivity contribution < 1.29 is 27.4 Å². The van der Waals surface area contributed by atoms with Crippen molar-refractivity contribution >= 4 is 6.29 Å². The quantitative estimate of drug-likeness (QED) is 0.751. The number of carbonyl (C=O) groups excluding carboxylic acids is 1. The highest BCUT2D eigenvalue weighted by Crippen LogP contribution is 2.35. The molecule has 0 fully saturated rings. The zero-order valence-corrected chi connectivity index (χ0v) is 9.08. The van der Waals surface area contributed by atoms with Gasteiger partial charge >= 0.3 is 6.36 Å². The summed E-state index contributed by atoms with van der Waals surface area (Å²) < 4.78 is 45.3. The third-order valence-corrected chi connectivity index (χ3v) is 2.03. The van der Waals surface area contributed by atoms with E-state index in [1.54, 1.807) is 6.07 Å². The summed E-state index contributed by atoms with van der Waals surface area (Å²) in [5.41, 5.74) is 0.286. The van der Waals surface area contributed by atoms with Crippen molar-refractivity contribution in [1.82, 2.24) is 0 Å². The number of alkyl halides is 3. The first-order valence-corrected chi connectivity index (χ1v) is 4.83. The maximum absolute atomic E-state index is 12.2. The van der Waals surface area contributed by atoms with E-state index in [1.807, 2.05) is 0 Å². The van der Waals surface area contributed by atoms with E-state index in [0.717, 1.165) is 0 Å². The summed E-state index contributed by atoms with van der Waals surface area (Å²) in [6.07, 6.45) is -3.85. The van der Waals surface area contributed by atoms with Gasteiger partial charge < -0.3 is 14.3 Å². The third-order valence-electron chi connectivity index (χ3n) is 2.03. The Hall–Kier alpha value is -1.72. The molecule has 17 heavy (non-hydrogen) atoms. The first-order valence-electron chi connectivity index (χ1n) is 4.83. The van der Waals surface area contributed by atoms with E-state index in [4.69, 9.17) is 4.74 Å². The summed E-state index contributed by atoms with van der Waals surface area (Å²) in [6.45, 7) is 0. The molecule has 0 radical (unpaired) electrons. The molecule has 6 heteroatoms. The Bertz CT molecular complexity index is 388. The van der Waals surface area contributed by atoms with Gasteiger partial charge in [0.05, 0.1) is 7.11 Å². The fourth-order valence-corrected chi connectivity index (χ4v) is 1.36. The topological polar surface area (TPSA) is 35.5 Å². The van der Waals surface area contributed by atoms with Crippen LogP contribution in [-0.2, 0) is 11.2 Å². The number of ether oxygens (including phenoxy) is 2. The van der Waals surface area contributed by atoms with Crippen LogP contribution in [0.3, 0.4) is 0 Å². The lowest BCUT2D eigenvalue weighted by Crippen LogP contribution is -2.18. The van der Waals surface area contributed by atoms with Gasteiger partial charge in [0.15, 0.2) is 11.5 Å². The molecule has 0 amide bonds. The molecule has 0 unspecified atom stereocenters. The summed E-state index contributed by atoms with van der Waals surface area (Å²) in [5.74, 6) is -0.393. The number of para-hydroxylation sites is 1. The van der Waals surface area contributed by atoms with E-state index in [9.17, 15) is 18.0 Å². The van der Waals surface area contributed by atoms with Crippen LogP contribution in [-0.4, -0.2) is 19.8 Å². The molecule has 0 spiro atoms. The van der Waals surface area contributed by atoms with E-state index >= 15 is 0 Å². The van der Waals surface area contributed by atoms with Crippen LogP contribution in [0.4, 0.5) is 13.2 Å². The SMILES string of the molecule is COc1cccc(CCC=O)c1OC(F)(F)F. The fraction of sp³-hybridized carbons (Fsp3) is 0.364. The highest BCUT2D eigenvalue weighted by atomic mass is 19.4. The average molecular weight is 248 g/mol. The number of hydrogen-bond donors (Lipinski definition) is 0. The van der Waals surface area contributed by atoms with Crippen molar-refractivity contribution in [2.45, 2.75) is 19.2 Å². The Morgan fingerprint density at radius 1 is 1.35 bits per heavy atom. The van der Waals surface area contributed by atoms with Gasteiger partial charge in [-0.15, -0.1) is 13.2 Å². The Labute approximate surface area is 96.1 Å². The number of carbonyl (C=O) groups is 1. The number of aldehydes is 1. The van der Waals surface area contributed by atoms with Gasteiger partial charge in [0.2, 0.25) is 0 Å². The fourth-order valence-electron chi connectivity index (χ4n) is 1.36. The first kappa shape index (κ1) is 13.3. The Morgan fingerprint density at radius 2 is 2.06 bits per heavy atom. The number of halogens is 3. The van der Waals surface area contributed by atoms with Crippen molar-refractivity contribution in [3.8, 4) is 11.5 Å². The molecule has 1 aromatic carbocycles. The molecule has 0 aliphatic rings. The van der Waals surface area contributed by atoms with E-state index in [-0.39, 0.29) is 29.9 Å². The minimum absolute atomic E-state index is 0.00859. The van der Waals surface area contributed by atoms with E-state index in [1.165, 1.54) is 19.2 Å². The molecule has 0 saturated heterocycles. The molecule has 0 heterocycles. The molecule has 0 saturated carbocycles. The highest BCUT2D eigenvalue weighted by molar-refractivity contribution is 5.53. The third kappa shape index (κ3) is 3.97. The van der Waals surface area contributed by atoms with Crippen molar-refractivity contribution in [3.63, 3.8) is 0 Å². The van der Waals surface area contributed by atoms with Gasteiger partial charge in [-0.3, -0.25) is 0 Å². The molecule has 0 aromatic heterocycles. The summed E-state index contributed by atoms with van der Waals surface area (Å²) >= 11 is 0. The summed E-state index contributed by atoms with van der Waals surface area (Å²) in [5, 5.41) is 0. The maximum atomic E-state index is 12.2. The lowest BCUT2D eigenvalue weighted by atomic mass is 10.1. The van der Waals surface area contributed by atoms with Gasteiger partial charge in [-0.1, -0.05) is 12.1 Å². The largest absolute Gasteiger partial charge is 0.573 e. The number of benzene rings is 1. The predicted octanol–water partition coefficient (Wildman–Crippen LogP) is 2.73. The molecule has 1 rings (SSSR count). The second kappa shape index (κ2) is 5.56. The van der Waals surface area contributed by atoms with Crippen LogP contribution in [0.5, 0.6) is 11.5 Å². The summed E-state index contributed by atoms with van der Waals surface area (Å²) in [6, 6.07) is 4.38. The van der Waals surface area contributed by atoms with Crippen LogP contribution in [0.25, 0.3) is 0 Å². The van der Waals surface area contributed by atoms with Crippen LogP contribution in [0.2, 0.25) is 0 Å². The Balaban J connectivity index is 3.06. The van der Waals surface area contributed by atoms with Gasteiger partial charge in [-0.05, 0) is 18.1 Å². The van der Waals surface area contributed by atoms with Crippen LogP contribution in [0, 0.1) is 0 Å². The number of rotatable bonds is 5. The second-order valence-electron chi connectivity index (χ2n) is 3.20.